The smallest absolute Gasteiger partial charge is 0.410 e. The Morgan fingerprint density at radius 3 is 2.07 bits per heavy atom. The van der Waals surface area contributed by atoms with Crippen LogP contribution in [0.2, 0.25) is 0 Å². The molecule has 0 fully saturated rings. The molecule has 2 rings (SSSR count). The maximum Gasteiger partial charge on any atom is 0.410 e. The fraction of sp³-hybridized carbons (Fsp3) is 0.483. The SMILES string of the molecule is CC(C)COS(=O)(=O)CCCNC(=O)[C@H](Cc1ccccc1)NC(=O)[C@@H](NC(=O)OC(C)(C)C)Oc1ccccc1. The molecule has 0 aliphatic rings. The van der Waals surface area contributed by atoms with Gasteiger partial charge < -0.3 is 20.1 Å². The molecule has 226 valence electrons. The molecule has 0 bridgehead atoms. The fourth-order valence-corrected chi connectivity index (χ4v) is 4.48. The predicted octanol–water partition coefficient (Wildman–Crippen LogP) is 3.15. The first-order valence-electron chi connectivity index (χ1n) is 13.4. The standard InChI is InChI=1S/C29H41N3O8S/c1-21(2)20-38-41(36,37)18-12-17-30-25(33)24(19-22-13-8-6-9-14-22)31-26(34)27(32-28(35)40-29(3,4)5)39-23-15-10-7-11-16-23/h6-11,13-16,21,24,27H,12,17-20H2,1-5H3,(H,30,33)(H,31,34)(H,32,35)/t24-,27-/m0/s1. The fourth-order valence-electron chi connectivity index (χ4n) is 3.39. The number of rotatable bonds is 15. The zero-order valence-electron chi connectivity index (χ0n) is 24.2. The average Bonchev–Trinajstić information content (AvgIpc) is 2.89. The van der Waals surface area contributed by atoms with E-state index >= 15 is 0 Å². The van der Waals surface area contributed by atoms with Crippen LogP contribution in [0.15, 0.2) is 60.7 Å². The van der Waals surface area contributed by atoms with E-state index in [1.54, 1.807) is 63.2 Å². The third kappa shape index (κ3) is 14.0. The van der Waals surface area contributed by atoms with E-state index in [9.17, 15) is 22.8 Å². The van der Waals surface area contributed by atoms with E-state index in [-0.39, 0.29) is 37.7 Å². The van der Waals surface area contributed by atoms with Gasteiger partial charge in [0.25, 0.3) is 22.3 Å². The topological polar surface area (TPSA) is 149 Å². The van der Waals surface area contributed by atoms with Crippen molar-refractivity contribution in [1.82, 2.24) is 16.0 Å². The van der Waals surface area contributed by atoms with Gasteiger partial charge in [-0.05, 0) is 50.8 Å². The number of hydrogen-bond acceptors (Lipinski definition) is 8. The minimum atomic E-state index is -3.72. The van der Waals surface area contributed by atoms with Crippen molar-refractivity contribution in [3.05, 3.63) is 66.2 Å². The van der Waals surface area contributed by atoms with Gasteiger partial charge in [-0.2, -0.15) is 8.42 Å². The van der Waals surface area contributed by atoms with E-state index in [2.05, 4.69) is 16.0 Å². The Labute approximate surface area is 242 Å². The maximum absolute atomic E-state index is 13.4. The quantitative estimate of drug-likeness (QED) is 0.163. The number of hydrogen-bond donors (Lipinski definition) is 3. The summed E-state index contributed by atoms with van der Waals surface area (Å²) in [5.41, 5.74) is -0.0424. The lowest BCUT2D eigenvalue weighted by Crippen LogP contribution is -2.56. The van der Waals surface area contributed by atoms with Crippen molar-refractivity contribution in [2.24, 2.45) is 5.92 Å². The number of amides is 3. The van der Waals surface area contributed by atoms with Gasteiger partial charge in [0.1, 0.15) is 17.4 Å². The van der Waals surface area contributed by atoms with Crippen LogP contribution in [0.1, 0.15) is 46.6 Å². The molecule has 12 heteroatoms. The highest BCUT2D eigenvalue weighted by molar-refractivity contribution is 7.86. The lowest BCUT2D eigenvalue weighted by molar-refractivity contribution is -0.134. The van der Waals surface area contributed by atoms with E-state index in [1.807, 2.05) is 32.0 Å². The van der Waals surface area contributed by atoms with Crippen molar-refractivity contribution in [3.63, 3.8) is 0 Å². The Hall–Kier alpha value is -3.64. The second-order valence-electron chi connectivity index (χ2n) is 10.8. The highest BCUT2D eigenvalue weighted by atomic mass is 32.2. The van der Waals surface area contributed by atoms with Crippen LogP contribution in [0.25, 0.3) is 0 Å². The Balaban J connectivity index is 2.13. The summed E-state index contributed by atoms with van der Waals surface area (Å²) in [6, 6.07) is 16.4. The normalized spacial score (nSPS) is 13.1. The molecule has 0 saturated carbocycles. The van der Waals surface area contributed by atoms with Crippen molar-refractivity contribution < 1.29 is 36.5 Å². The first-order chi connectivity index (χ1) is 19.2. The number of nitrogens with one attached hydrogen (secondary N) is 3. The van der Waals surface area contributed by atoms with Crippen LogP contribution in [-0.2, 0) is 35.0 Å². The van der Waals surface area contributed by atoms with Crippen molar-refractivity contribution in [1.29, 1.82) is 0 Å². The molecule has 3 N–H and O–H groups in total. The van der Waals surface area contributed by atoms with Gasteiger partial charge in [-0.1, -0.05) is 62.4 Å². The van der Waals surface area contributed by atoms with Crippen LogP contribution in [0, 0.1) is 5.92 Å². The minimum absolute atomic E-state index is 0.0460. The minimum Gasteiger partial charge on any atom is -0.461 e. The molecule has 0 unspecified atom stereocenters. The van der Waals surface area contributed by atoms with Crippen LogP contribution in [0.5, 0.6) is 5.75 Å². The summed E-state index contributed by atoms with van der Waals surface area (Å²) in [7, 11) is -3.72. The number of para-hydroxylation sites is 1. The second kappa shape index (κ2) is 16.0. The number of benzene rings is 2. The number of alkyl carbamates (subject to hydrolysis) is 1. The molecular formula is C29H41N3O8S. The maximum atomic E-state index is 13.4. The molecule has 11 nitrogen and oxygen atoms in total. The molecule has 2 aromatic rings. The van der Waals surface area contributed by atoms with E-state index in [0.717, 1.165) is 5.56 Å². The predicted molar refractivity (Wildman–Crippen MR) is 155 cm³/mol. The van der Waals surface area contributed by atoms with E-state index in [0.29, 0.717) is 5.75 Å². The van der Waals surface area contributed by atoms with Gasteiger partial charge >= 0.3 is 6.09 Å². The van der Waals surface area contributed by atoms with Crippen LogP contribution in [0.4, 0.5) is 4.79 Å². The third-order valence-corrected chi connectivity index (χ3v) is 6.53. The molecule has 2 aromatic carbocycles. The van der Waals surface area contributed by atoms with Gasteiger partial charge in [0.15, 0.2) is 0 Å². The van der Waals surface area contributed by atoms with E-state index in [1.165, 1.54) is 0 Å². The molecular weight excluding hydrogens is 550 g/mol. The number of carbonyl (C=O) groups excluding carboxylic acids is 3. The molecule has 0 aromatic heterocycles. The van der Waals surface area contributed by atoms with Gasteiger partial charge in [-0.25, -0.2) is 4.79 Å². The van der Waals surface area contributed by atoms with E-state index < -0.39 is 45.9 Å². The summed E-state index contributed by atoms with van der Waals surface area (Å²) in [4.78, 5) is 39.0. The van der Waals surface area contributed by atoms with Crippen LogP contribution in [-0.4, -0.2) is 63.1 Å². The largest absolute Gasteiger partial charge is 0.461 e. The zero-order valence-corrected chi connectivity index (χ0v) is 25.0. The summed E-state index contributed by atoms with van der Waals surface area (Å²) < 4.78 is 40.1. The first kappa shape index (κ1) is 33.6. The number of carbonyl (C=O) groups is 3. The molecule has 41 heavy (non-hydrogen) atoms. The van der Waals surface area contributed by atoms with E-state index in [4.69, 9.17) is 13.7 Å². The lowest BCUT2D eigenvalue weighted by atomic mass is 10.1. The zero-order chi connectivity index (χ0) is 30.5. The number of ether oxygens (including phenoxy) is 2. The third-order valence-electron chi connectivity index (χ3n) is 5.25. The summed E-state index contributed by atoms with van der Waals surface area (Å²) in [6.45, 7) is 8.86. The van der Waals surface area contributed by atoms with Gasteiger partial charge in [0.05, 0.1) is 12.4 Å². The molecule has 0 spiro atoms. The highest BCUT2D eigenvalue weighted by Crippen LogP contribution is 2.12. The van der Waals surface area contributed by atoms with Crippen molar-refractivity contribution in [3.8, 4) is 5.75 Å². The Kier molecular flexibility index (Phi) is 13.1. The Bertz CT molecular complexity index is 1220. The molecule has 0 aliphatic carbocycles. The highest BCUT2D eigenvalue weighted by Gasteiger charge is 2.30. The summed E-state index contributed by atoms with van der Waals surface area (Å²) in [5, 5.41) is 7.75. The second-order valence-corrected chi connectivity index (χ2v) is 12.6. The van der Waals surface area contributed by atoms with Gasteiger partial charge in [-0.3, -0.25) is 19.1 Å². The van der Waals surface area contributed by atoms with Crippen molar-refractivity contribution >= 4 is 28.0 Å². The van der Waals surface area contributed by atoms with Crippen LogP contribution in [0.3, 0.4) is 0 Å². The van der Waals surface area contributed by atoms with Gasteiger partial charge in [0.2, 0.25) is 5.91 Å². The molecule has 0 radical (unpaired) electrons. The first-order valence-corrected chi connectivity index (χ1v) is 15.0. The van der Waals surface area contributed by atoms with Gasteiger partial charge in [0, 0.05) is 13.0 Å². The molecule has 0 heterocycles. The molecule has 0 aliphatic heterocycles. The average molecular weight is 592 g/mol. The monoisotopic (exact) mass is 591 g/mol. The summed E-state index contributed by atoms with van der Waals surface area (Å²) in [5.74, 6) is -1.19. The molecule has 0 saturated heterocycles. The van der Waals surface area contributed by atoms with Crippen molar-refractivity contribution in [2.45, 2.75) is 65.3 Å². The molecule has 3 amide bonds. The van der Waals surface area contributed by atoms with Crippen LogP contribution >= 0.6 is 0 Å². The molecule has 2 atom stereocenters. The summed E-state index contributed by atoms with van der Waals surface area (Å²) in [6.07, 6.45) is -2.13. The summed E-state index contributed by atoms with van der Waals surface area (Å²) >= 11 is 0. The Morgan fingerprint density at radius 1 is 0.878 bits per heavy atom. The van der Waals surface area contributed by atoms with Gasteiger partial charge in [-0.15, -0.1) is 0 Å². The van der Waals surface area contributed by atoms with Crippen LogP contribution < -0.4 is 20.7 Å². The lowest BCUT2D eigenvalue weighted by Gasteiger charge is -2.25. The Morgan fingerprint density at radius 2 is 1.49 bits per heavy atom. The van der Waals surface area contributed by atoms with Crippen molar-refractivity contribution in [2.75, 3.05) is 18.9 Å².